The molecule has 0 unspecified atom stereocenters. The lowest BCUT2D eigenvalue weighted by atomic mass is 10.1. The lowest BCUT2D eigenvalue weighted by Crippen LogP contribution is -2.30. The van der Waals surface area contributed by atoms with Gasteiger partial charge in [-0.2, -0.15) is 0 Å². The third-order valence-corrected chi connectivity index (χ3v) is 6.22. The highest BCUT2D eigenvalue weighted by molar-refractivity contribution is 7.10. The van der Waals surface area contributed by atoms with E-state index in [1.165, 1.54) is 15.3 Å². The Morgan fingerprint density at radius 1 is 0.760 bits per heavy atom. The summed E-state index contributed by atoms with van der Waals surface area (Å²) < 4.78 is 0. The number of nitrogens with zero attached hydrogens (tertiary/aromatic N) is 1. The Morgan fingerprint density at radius 2 is 1.32 bits per heavy atom. The van der Waals surface area contributed by atoms with Crippen LogP contribution in [-0.2, 0) is 19.3 Å². The largest absolute Gasteiger partial charge is 0.302 e. The van der Waals surface area contributed by atoms with E-state index in [1.54, 1.807) is 0 Å². The van der Waals surface area contributed by atoms with Crippen LogP contribution in [0, 0.1) is 12.3 Å². The Balaban J connectivity index is 1.54. The Labute approximate surface area is 159 Å². The second-order valence-corrected chi connectivity index (χ2v) is 8.16. The Hall–Kier alpha value is -1.86. The van der Waals surface area contributed by atoms with Gasteiger partial charge in [0.15, 0.2) is 0 Å². The summed E-state index contributed by atoms with van der Waals surface area (Å²) >= 11 is 3.71. The highest BCUT2D eigenvalue weighted by atomic mass is 32.1. The molecule has 0 N–H and O–H groups in total. The molecular formula is C22H23NS2. The van der Waals surface area contributed by atoms with Crippen LogP contribution in [0.4, 0.5) is 0 Å². The molecule has 2 aromatic heterocycles. The van der Waals surface area contributed by atoms with Crippen LogP contribution >= 0.6 is 22.7 Å². The molecule has 0 aliphatic carbocycles. The van der Waals surface area contributed by atoms with Gasteiger partial charge in [0.2, 0.25) is 0 Å². The number of hydrogen-bond donors (Lipinski definition) is 0. The number of hydrogen-bond acceptors (Lipinski definition) is 3. The molecule has 1 aromatic carbocycles. The summed E-state index contributed by atoms with van der Waals surface area (Å²) in [5.74, 6) is 2.68. The standard InChI is InChI=1S/C22H23NS2/c1-2-19-7-9-20(10-8-19)11-14-23(15-12-21-5-3-17-24-21)16-13-22-6-4-18-25-22/h1,3-10,17-18H,11-16H2. The zero-order valence-electron chi connectivity index (χ0n) is 14.4. The molecule has 3 heteroatoms. The fourth-order valence-corrected chi connectivity index (χ4v) is 4.23. The normalized spacial score (nSPS) is 10.9. The van der Waals surface area contributed by atoms with E-state index in [-0.39, 0.29) is 0 Å². The Morgan fingerprint density at radius 3 is 1.80 bits per heavy atom. The average molecular weight is 366 g/mol. The molecule has 0 amide bonds. The van der Waals surface area contributed by atoms with Crippen molar-refractivity contribution in [3.63, 3.8) is 0 Å². The van der Waals surface area contributed by atoms with E-state index >= 15 is 0 Å². The summed E-state index contributed by atoms with van der Waals surface area (Å²) in [6.07, 6.45) is 8.78. The maximum atomic E-state index is 5.44. The van der Waals surface area contributed by atoms with E-state index in [4.69, 9.17) is 6.42 Å². The minimum absolute atomic E-state index is 0.955. The van der Waals surface area contributed by atoms with Gasteiger partial charge in [0.05, 0.1) is 0 Å². The topological polar surface area (TPSA) is 3.24 Å². The molecule has 0 atom stereocenters. The fourth-order valence-electron chi connectivity index (χ4n) is 2.84. The monoisotopic (exact) mass is 365 g/mol. The van der Waals surface area contributed by atoms with E-state index in [1.807, 2.05) is 34.8 Å². The van der Waals surface area contributed by atoms with Crippen LogP contribution in [0.5, 0.6) is 0 Å². The first-order valence-corrected chi connectivity index (χ1v) is 10.4. The summed E-state index contributed by atoms with van der Waals surface area (Å²) in [7, 11) is 0. The molecule has 0 radical (unpaired) electrons. The van der Waals surface area contributed by atoms with Crippen molar-refractivity contribution in [1.82, 2.24) is 4.90 Å². The molecule has 0 fully saturated rings. The van der Waals surface area contributed by atoms with Crippen molar-refractivity contribution in [2.24, 2.45) is 0 Å². The minimum atomic E-state index is 0.955. The molecule has 1 nitrogen and oxygen atoms in total. The van der Waals surface area contributed by atoms with Gasteiger partial charge in [-0.1, -0.05) is 30.2 Å². The van der Waals surface area contributed by atoms with Crippen LogP contribution in [0.15, 0.2) is 59.3 Å². The van der Waals surface area contributed by atoms with E-state index in [2.05, 4.69) is 58.0 Å². The number of benzene rings is 1. The van der Waals surface area contributed by atoms with Gasteiger partial charge in [0.1, 0.15) is 0 Å². The van der Waals surface area contributed by atoms with Gasteiger partial charge in [-0.15, -0.1) is 29.1 Å². The van der Waals surface area contributed by atoms with Crippen molar-refractivity contribution >= 4 is 22.7 Å². The van der Waals surface area contributed by atoms with E-state index in [0.717, 1.165) is 44.5 Å². The molecule has 0 spiro atoms. The maximum Gasteiger partial charge on any atom is 0.0242 e. The summed E-state index contributed by atoms with van der Waals surface area (Å²) in [6, 6.07) is 17.2. The highest BCUT2D eigenvalue weighted by Gasteiger charge is 2.07. The first-order valence-electron chi connectivity index (χ1n) is 8.66. The molecule has 25 heavy (non-hydrogen) atoms. The van der Waals surface area contributed by atoms with Gasteiger partial charge >= 0.3 is 0 Å². The van der Waals surface area contributed by atoms with Crippen molar-refractivity contribution in [3.05, 3.63) is 80.2 Å². The van der Waals surface area contributed by atoms with Crippen molar-refractivity contribution in [2.75, 3.05) is 19.6 Å². The lowest BCUT2D eigenvalue weighted by molar-refractivity contribution is 0.285. The predicted molar refractivity (Wildman–Crippen MR) is 111 cm³/mol. The third kappa shape index (κ3) is 5.86. The fraction of sp³-hybridized carbons (Fsp3) is 0.273. The Kier molecular flexibility index (Phi) is 6.88. The predicted octanol–water partition coefficient (Wildman–Crippen LogP) is 5.12. The average Bonchev–Trinajstić information content (AvgIpc) is 3.35. The zero-order chi connectivity index (χ0) is 17.3. The SMILES string of the molecule is C#Cc1ccc(CCN(CCc2cccs2)CCc2cccs2)cc1. The molecule has 2 heterocycles. The van der Waals surface area contributed by atoms with E-state index in [0.29, 0.717) is 0 Å². The van der Waals surface area contributed by atoms with E-state index < -0.39 is 0 Å². The first-order chi connectivity index (χ1) is 12.3. The van der Waals surface area contributed by atoms with Crippen molar-refractivity contribution < 1.29 is 0 Å². The van der Waals surface area contributed by atoms with Gasteiger partial charge in [-0.25, -0.2) is 0 Å². The molecule has 0 saturated carbocycles. The maximum absolute atomic E-state index is 5.44. The highest BCUT2D eigenvalue weighted by Crippen LogP contribution is 2.13. The smallest absolute Gasteiger partial charge is 0.0242 e. The zero-order valence-corrected chi connectivity index (χ0v) is 16.0. The van der Waals surface area contributed by atoms with E-state index in [9.17, 15) is 0 Å². The first kappa shape index (κ1) is 17.9. The number of terminal acetylenes is 1. The number of thiophene rings is 2. The molecule has 128 valence electrons. The van der Waals surface area contributed by atoms with Crippen LogP contribution < -0.4 is 0 Å². The van der Waals surface area contributed by atoms with Crippen LogP contribution in [0.1, 0.15) is 20.9 Å². The molecule has 0 saturated heterocycles. The summed E-state index contributed by atoms with van der Waals surface area (Å²) in [5, 5.41) is 4.33. The van der Waals surface area contributed by atoms with Gasteiger partial charge < -0.3 is 4.90 Å². The van der Waals surface area contributed by atoms with Gasteiger partial charge in [0.25, 0.3) is 0 Å². The summed E-state index contributed by atoms with van der Waals surface area (Å²) in [4.78, 5) is 5.54. The van der Waals surface area contributed by atoms with Crippen LogP contribution in [0.3, 0.4) is 0 Å². The summed E-state index contributed by atoms with van der Waals surface area (Å²) in [5.41, 5.74) is 2.31. The lowest BCUT2D eigenvalue weighted by Gasteiger charge is -2.22. The summed E-state index contributed by atoms with van der Waals surface area (Å²) in [6.45, 7) is 3.33. The second-order valence-electron chi connectivity index (χ2n) is 6.09. The second kappa shape index (κ2) is 9.58. The third-order valence-electron chi connectivity index (χ3n) is 4.35. The minimum Gasteiger partial charge on any atom is -0.302 e. The van der Waals surface area contributed by atoms with Crippen molar-refractivity contribution in [1.29, 1.82) is 0 Å². The molecule has 0 aliphatic heterocycles. The van der Waals surface area contributed by atoms with Crippen LogP contribution in [-0.4, -0.2) is 24.5 Å². The molecule has 0 bridgehead atoms. The van der Waals surface area contributed by atoms with Gasteiger partial charge in [0, 0.05) is 35.0 Å². The van der Waals surface area contributed by atoms with Crippen molar-refractivity contribution in [3.8, 4) is 12.3 Å². The van der Waals surface area contributed by atoms with Crippen LogP contribution in [0.2, 0.25) is 0 Å². The van der Waals surface area contributed by atoms with Gasteiger partial charge in [-0.05, 0) is 59.9 Å². The quantitative estimate of drug-likeness (QED) is 0.476. The van der Waals surface area contributed by atoms with Crippen LogP contribution in [0.25, 0.3) is 0 Å². The van der Waals surface area contributed by atoms with Gasteiger partial charge in [-0.3, -0.25) is 0 Å². The molecule has 3 aromatic rings. The molecular weight excluding hydrogens is 342 g/mol. The number of rotatable bonds is 9. The molecule has 0 aliphatic rings. The Bertz CT molecular complexity index is 726. The molecule has 3 rings (SSSR count). The van der Waals surface area contributed by atoms with Crippen molar-refractivity contribution in [2.45, 2.75) is 19.3 Å².